The summed E-state index contributed by atoms with van der Waals surface area (Å²) < 4.78 is 0. The average molecular weight is 240 g/mol. The maximum Gasteiger partial charge on any atom is 0.000956 e. The average Bonchev–Trinajstić information content (AvgIpc) is 2.33. The molecular formula is C15H32N2. The van der Waals surface area contributed by atoms with E-state index in [4.69, 9.17) is 0 Å². The molecule has 0 saturated carbocycles. The molecule has 0 aliphatic carbocycles. The molecule has 1 saturated heterocycles. The minimum atomic E-state index is 0.780. The zero-order valence-corrected chi connectivity index (χ0v) is 12.2. The molecule has 1 N–H and O–H groups in total. The lowest BCUT2D eigenvalue weighted by atomic mass is 9.95. The summed E-state index contributed by atoms with van der Waals surface area (Å²) in [5, 5.41) is 3.52. The minimum Gasteiger partial charge on any atom is -0.316 e. The highest BCUT2D eigenvalue weighted by atomic mass is 15.1. The van der Waals surface area contributed by atoms with Crippen LogP contribution in [-0.4, -0.2) is 37.6 Å². The number of nitrogens with zero attached hydrogens (tertiary/aromatic N) is 1. The number of piperidine rings is 1. The monoisotopic (exact) mass is 240 g/mol. The molecule has 1 aliphatic rings. The second-order valence-electron chi connectivity index (χ2n) is 6.02. The predicted molar refractivity (Wildman–Crippen MR) is 76.4 cm³/mol. The van der Waals surface area contributed by atoms with Gasteiger partial charge in [0.25, 0.3) is 0 Å². The van der Waals surface area contributed by atoms with Crippen molar-refractivity contribution >= 4 is 0 Å². The molecule has 1 unspecified atom stereocenters. The van der Waals surface area contributed by atoms with Crippen LogP contribution in [0.3, 0.4) is 0 Å². The Morgan fingerprint density at radius 3 is 2.82 bits per heavy atom. The van der Waals surface area contributed by atoms with Gasteiger partial charge in [0, 0.05) is 6.54 Å². The Balaban J connectivity index is 1.95. The minimum absolute atomic E-state index is 0.780. The molecule has 0 aromatic rings. The number of hydrogen-bond donors (Lipinski definition) is 1. The van der Waals surface area contributed by atoms with Gasteiger partial charge in [0.2, 0.25) is 0 Å². The normalized spacial score (nSPS) is 22.2. The molecule has 0 aromatic carbocycles. The number of likely N-dealkylation sites (tertiary alicyclic amines) is 1. The zero-order valence-electron chi connectivity index (χ0n) is 12.2. The molecule has 102 valence electrons. The first kappa shape index (κ1) is 15.0. The van der Waals surface area contributed by atoms with Crippen LogP contribution in [-0.2, 0) is 0 Å². The van der Waals surface area contributed by atoms with E-state index < -0.39 is 0 Å². The first-order valence-electron chi connectivity index (χ1n) is 7.65. The van der Waals surface area contributed by atoms with Crippen LogP contribution in [0.15, 0.2) is 0 Å². The lowest BCUT2D eigenvalue weighted by Gasteiger charge is -2.32. The van der Waals surface area contributed by atoms with Crippen LogP contribution in [0.5, 0.6) is 0 Å². The Bertz CT molecular complexity index is 180. The third-order valence-corrected chi connectivity index (χ3v) is 3.81. The topological polar surface area (TPSA) is 15.3 Å². The molecule has 0 bridgehead atoms. The van der Waals surface area contributed by atoms with Gasteiger partial charge < -0.3 is 10.2 Å². The molecule has 2 nitrogen and oxygen atoms in total. The number of hydrogen-bond acceptors (Lipinski definition) is 2. The fourth-order valence-electron chi connectivity index (χ4n) is 2.66. The molecule has 0 spiro atoms. The van der Waals surface area contributed by atoms with Gasteiger partial charge in [0.15, 0.2) is 0 Å². The Morgan fingerprint density at radius 1 is 1.29 bits per heavy atom. The van der Waals surface area contributed by atoms with Crippen LogP contribution in [0.2, 0.25) is 0 Å². The van der Waals surface area contributed by atoms with E-state index in [2.05, 4.69) is 31.0 Å². The van der Waals surface area contributed by atoms with Crippen LogP contribution >= 0.6 is 0 Å². The van der Waals surface area contributed by atoms with E-state index in [0.29, 0.717) is 0 Å². The lowest BCUT2D eigenvalue weighted by molar-refractivity contribution is 0.169. The molecule has 1 aliphatic heterocycles. The quantitative estimate of drug-likeness (QED) is 0.656. The first-order chi connectivity index (χ1) is 8.22. The molecule has 1 rings (SSSR count). The smallest absolute Gasteiger partial charge is 0.000956 e. The van der Waals surface area contributed by atoms with Gasteiger partial charge in [0.1, 0.15) is 0 Å². The Morgan fingerprint density at radius 2 is 2.12 bits per heavy atom. The Labute approximate surface area is 108 Å². The third-order valence-electron chi connectivity index (χ3n) is 3.81. The van der Waals surface area contributed by atoms with Crippen LogP contribution in [0, 0.1) is 11.8 Å². The van der Waals surface area contributed by atoms with E-state index >= 15 is 0 Å². The lowest BCUT2D eigenvalue weighted by Crippen LogP contribution is -2.36. The summed E-state index contributed by atoms with van der Waals surface area (Å²) in [5.74, 6) is 1.75. The SMILES string of the molecule is CCC1CCCN(CCCCNCC(C)C)C1. The van der Waals surface area contributed by atoms with Crippen molar-refractivity contribution in [2.24, 2.45) is 11.8 Å². The van der Waals surface area contributed by atoms with Crippen LogP contribution in [0.25, 0.3) is 0 Å². The van der Waals surface area contributed by atoms with Crippen molar-refractivity contribution in [3.63, 3.8) is 0 Å². The molecular weight excluding hydrogens is 208 g/mol. The second-order valence-corrected chi connectivity index (χ2v) is 6.02. The van der Waals surface area contributed by atoms with Gasteiger partial charge in [-0.15, -0.1) is 0 Å². The summed E-state index contributed by atoms with van der Waals surface area (Å²) >= 11 is 0. The molecule has 17 heavy (non-hydrogen) atoms. The summed E-state index contributed by atoms with van der Waals surface area (Å²) in [4.78, 5) is 2.68. The van der Waals surface area contributed by atoms with Crippen molar-refractivity contribution in [2.75, 3.05) is 32.7 Å². The number of unbranched alkanes of at least 4 members (excludes halogenated alkanes) is 1. The van der Waals surface area contributed by atoms with Crippen molar-refractivity contribution in [3.8, 4) is 0 Å². The van der Waals surface area contributed by atoms with E-state index in [1.165, 1.54) is 64.8 Å². The van der Waals surface area contributed by atoms with Crippen LogP contribution < -0.4 is 5.32 Å². The molecule has 1 fully saturated rings. The highest BCUT2D eigenvalue weighted by molar-refractivity contribution is 4.71. The van der Waals surface area contributed by atoms with Crippen molar-refractivity contribution in [3.05, 3.63) is 0 Å². The predicted octanol–water partition coefficient (Wildman–Crippen LogP) is 3.13. The Kier molecular flexibility index (Phi) is 7.87. The van der Waals surface area contributed by atoms with E-state index in [9.17, 15) is 0 Å². The standard InChI is InChI=1S/C15H32N2/c1-4-15-8-7-11-17(13-15)10-6-5-9-16-12-14(2)3/h14-16H,4-13H2,1-3H3. The van der Waals surface area contributed by atoms with E-state index in [0.717, 1.165) is 11.8 Å². The van der Waals surface area contributed by atoms with E-state index in [1.54, 1.807) is 0 Å². The first-order valence-corrected chi connectivity index (χ1v) is 7.65. The van der Waals surface area contributed by atoms with Crippen molar-refractivity contribution < 1.29 is 0 Å². The van der Waals surface area contributed by atoms with E-state index in [1.807, 2.05) is 0 Å². The fourth-order valence-corrected chi connectivity index (χ4v) is 2.66. The molecule has 1 heterocycles. The number of nitrogens with one attached hydrogen (secondary N) is 1. The van der Waals surface area contributed by atoms with Gasteiger partial charge in [-0.2, -0.15) is 0 Å². The highest BCUT2D eigenvalue weighted by Crippen LogP contribution is 2.19. The van der Waals surface area contributed by atoms with Gasteiger partial charge in [-0.3, -0.25) is 0 Å². The maximum absolute atomic E-state index is 3.52. The van der Waals surface area contributed by atoms with Crippen molar-refractivity contribution in [2.45, 2.75) is 52.9 Å². The van der Waals surface area contributed by atoms with Gasteiger partial charge in [-0.1, -0.05) is 27.2 Å². The molecule has 0 radical (unpaired) electrons. The maximum atomic E-state index is 3.52. The van der Waals surface area contributed by atoms with Gasteiger partial charge in [0.05, 0.1) is 0 Å². The highest BCUT2D eigenvalue weighted by Gasteiger charge is 2.17. The molecule has 2 heteroatoms. The van der Waals surface area contributed by atoms with Crippen molar-refractivity contribution in [1.29, 1.82) is 0 Å². The van der Waals surface area contributed by atoms with Gasteiger partial charge in [-0.05, 0) is 63.7 Å². The van der Waals surface area contributed by atoms with Gasteiger partial charge >= 0.3 is 0 Å². The Hall–Kier alpha value is -0.0800. The van der Waals surface area contributed by atoms with Crippen LogP contribution in [0.4, 0.5) is 0 Å². The van der Waals surface area contributed by atoms with E-state index in [-0.39, 0.29) is 0 Å². The molecule has 0 aromatic heterocycles. The third kappa shape index (κ3) is 7.05. The zero-order chi connectivity index (χ0) is 12.5. The number of rotatable bonds is 8. The summed E-state index contributed by atoms with van der Waals surface area (Å²) in [6, 6.07) is 0. The largest absolute Gasteiger partial charge is 0.316 e. The molecule has 0 amide bonds. The van der Waals surface area contributed by atoms with Crippen molar-refractivity contribution in [1.82, 2.24) is 10.2 Å². The second kappa shape index (κ2) is 8.93. The summed E-state index contributed by atoms with van der Waals surface area (Å²) in [6.45, 7) is 13.3. The molecule has 1 atom stereocenters. The summed E-state index contributed by atoms with van der Waals surface area (Å²) in [6.07, 6.45) is 6.95. The van der Waals surface area contributed by atoms with Crippen LogP contribution in [0.1, 0.15) is 52.9 Å². The summed E-state index contributed by atoms with van der Waals surface area (Å²) in [7, 11) is 0. The fraction of sp³-hybridized carbons (Fsp3) is 1.00. The van der Waals surface area contributed by atoms with Gasteiger partial charge in [-0.25, -0.2) is 0 Å². The summed E-state index contributed by atoms with van der Waals surface area (Å²) in [5.41, 5.74) is 0.